The minimum Gasteiger partial charge on any atom is -0.306 e. The van der Waals surface area contributed by atoms with Crippen molar-refractivity contribution in [3.05, 3.63) is 18.0 Å². The second-order valence-corrected chi connectivity index (χ2v) is 5.71. The Balaban J connectivity index is 2.19. The van der Waals surface area contributed by atoms with Gasteiger partial charge in [0.15, 0.2) is 0 Å². The Labute approximate surface area is 101 Å². The van der Waals surface area contributed by atoms with E-state index in [-0.39, 0.29) is 0 Å². The third-order valence-electron chi connectivity index (χ3n) is 2.45. The summed E-state index contributed by atoms with van der Waals surface area (Å²) in [6, 6.07) is 0. The minimum absolute atomic E-state index is 0.610. The fraction of sp³-hybridized carbons (Fsp3) is 0.727. The molecular weight excluding hydrogens is 254 g/mol. The number of hydrogen-bond acceptors (Lipinski definition) is 2. The maximum Gasteiger partial charge on any atom is 0.0522 e. The van der Waals surface area contributed by atoms with E-state index < -0.39 is 0 Å². The van der Waals surface area contributed by atoms with Crippen molar-refractivity contribution in [2.45, 2.75) is 24.6 Å². The summed E-state index contributed by atoms with van der Waals surface area (Å²) in [6.45, 7) is 4.44. The van der Waals surface area contributed by atoms with E-state index in [1.54, 1.807) is 0 Å². The maximum atomic E-state index is 4.16. The summed E-state index contributed by atoms with van der Waals surface area (Å²) in [5.41, 5.74) is 1.32. The second kappa shape index (κ2) is 6.28. The van der Waals surface area contributed by atoms with Gasteiger partial charge in [0.2, 0.25) is 0 Å². The van der Waals surface area contributed by atoms with Crippen molar-refractivity contribution in [2.24, 2.45) is 7.05 Å². The number of aryl methyl sites for hydroxylation is 1. The van der Waals surface area contributed by atoms with Gasteiger partial charge in [-0.2, -0.15) is 5.10 Å². The Kier molecular flexibility index (Phi) is 5.32. The summed E-state index contributed by atoms with van der Waals surface area (Å²) in [5, 5.41) is 4.16. The topological polar surface area (TPSA) is 21.1 Å². The number of alkyl halides is 1. The predicted octanol–water partition coefficient (Wildman–Crippen LogP) is 2.07. The molecule has 0 aliphatic carbocycles. The minimum atomic E-state index is 0.610. The number of hydrogen-bond donors (Lipinski definition) is 0. The summed E-state index contributed by atoms with van der Waals surface area (Å²) >= 11 is 3.56. The van der Waals surface area contributed by atoms with E-state index in [0.717, 1.165) is 19.5 Å². The Morgan fingerprint density at radius 2 is 2.27 bits per heavy atom. The molecule has 0 saturated heterocycles. The summed E-state index contributed by atoms with van der Waals surface area (Å²) < 4.78 is 1.86. The molecule has 0 aromatic carbocycles. The fourth-order valence-corrected chi connectivity index (χ4v) is 1.64. The molecule has 0 N–H and O–H groups in total. The highest BCUT2D eigenvalue weighted by molar-refractivity contribution is 9.09. The van der Waals surface area contributed by atoms with Crippen LogP contribution in [0.25, 0.3) is 0 Å². The van der Waals surface area contributed by atoms with Crippen molar-refractivity contribution in [1.82, 2.24) is 14.7 Å². The Bertz CT molecular complexity index is 283. The summed E-state index contributed by atoms with van der Waals surface area (Å²) in [7, 11) is 4.13. The summed E-state index contributed by atoms with van der Waals surface area (Å²) in [6.07, 6.45) is 6.31. The predicted molar refractivity (Wildman–Crippen MR) is 67.4 cm³/mol. The quantitative estimate of drug-likeness (QED) is 0.740. The number of likely N-dealkylation sites (N-methyl/N-ethyl adjacent to an activating group) is 1. The SMILES string of the molecule is CC(Br)CCN(C)CCc1cnn(C)c1. The maximum absolute atomic E-state index is 4.16. The number of halogens is 1. The van der Waals surface area contributed by atoms with Gasteiger partial charge in [-0.1, -0.05) is 22.9 Å². The molecule has 1 atom stereocenters. The molecule has 15 heavy (non-hydrogen) atoms. The first-order valence-electron chi connectivity index (χ1n) is 5.38. The van der Waals surface area contributed by atoms with E-state index in [4.69, 9.17) is 0 Å². The van der Waals surface area contributed by atoms with E-state index in [1.165, 1.54) is 12.0 Å². The molecule has 0 saturated carbocycles. The molecule has 0 spiro atoms. The van der Waals surface area contributed by atoms with Gasteiger partial charge >= 0.3 is 0 Å². The average molecular weight is 274 g/mol. The molecular formula is C11H20BrN3. The zero-order valence-corrected chi connectivity index (χ0v) is 11.4. The first kappa shape index (κ1) is 12.7. The monoisotopic (exact) mass is 273 g/mol. The molecule has 0 bridgehead atoms. The molecule has 0 aliphatic heterocycles. The van der Waals surface area contributed by atoms with E-state index >= 15 is 0 Å². The van der Waals surface area contributed by atoms with E-state index in [1.807, 2.05) is 17.9 Å². The molecule has 0 aliphatic rings. The Hall–Kier alpha value is -0.350. The van der Waals surface area contributed by atoms with Crippen LogP contribution in [0, 0.1) is 0 Å². The van der Waals surface area contributed by atoms with Crippen LogP contribution in [0.1, 0.15) is 18.9 Å². The van der Waals surface area contributed by atoms with Crippen molar-refractivity contribution in [3.8, 4) is 0 Å². The lowest BCUT2D eigenvalue weighted by atomic mass is 10.2. The zero-order valence-electron chi connectivity index (χ0n) is 9.78. The van der Waals surface area contributed by atoms with Crippen molar-refractivity contribution in [2.75, 3.05) is 20.1 Å². The molecule has 0 radical (unpaired) electrons. The van der Waals surface area contributed by atoms with Crippen LogP contribution in [0.15, 0.2) is 12.4 Å². The highest BCUT2D eigenvalue weighted by Crippen LogP contribution is 2.05. The van der Waals surface area contributed by atoms with Gasteiger partial charge in [0.05, 0.1) is 6.20 Å². The molecule has 1 heterocycles. The Morgan fingerprint density at radius 1 is 1.53 bits per heavy atom. The molecule has 1 rings (SSSR count). The van der Waals surface area contributed by atoms with Crippen LogP contribution in [0.4, 0.5) is 0 Å². The molecule has 3 nitrogen and oxygen atoms in total. The van der Waals surface area contributed by atoms with Crippen molar-refractivity contribution < 1.29 is 0 Å². The largest absolute Gasteiger partial charge is 0.306 e. The molecule has 1 unspecified atom stereocenters. The van der Waals surface area contributed by atoms with Crippen LogP contribution in [-0.4, -0.2) is 39.6 Å². The van der Waals surface area contributed by atoms with E-state index in [0.29, 0.717) is 4.83 Å². The second-order valence-electron chi connectivity index (χ2n) is 4.14. The van der Waals surface area contributed by atoms with Crippen molar-refractivity contribution in [3.63, 3.8) is 0 Å². The van der Waals surface area contributed by atoms with Crippen molar-refractivity contribution >= 4 is 15.9 Å². The molecule has 0 fully saturated rings. The van der Waals surface area contributed by atoms with E-state index in [2.05, 4.69) is 46.1 Å². The van der Waals surface area contributed by atoms with Gasteiger partial charge in [0.25, 0.3) is 0 Å². The number of rotatable bonds is 6. The molecule has 4 heteroatoms. The van der Waals surface area contributed by atoms with Gasteiger partial charge in [-0.3, -0.25) is 4.68 Å². The van der Waals surface area contributed by atoms with Crippen LogP contribution in [-0.2, 0) is 13.5 Å². The van der Waals surface area contributed by atoms with Crippen LogP contribution < -0.4 is 0 Å². The smallest absolute Gasteiger partial charge is 0.0522 e. The van der Waals surface area contributed by atoms with Crippen LogP contribution in [0.2, 0.25) is 0 Å². The normalized spacial score (nSPS) is 13.4. The van der Waals surface area contributed by atoms with Crippen LogP contribution in [0.5, 0.6) is 0 Å². The fourth-order valence-electron chi connectivity index (χ4n) is 1.43. The van der Waals surface area contributed by atoms with E-state index in [9.17, 15) is 0 Å². The lowest BCUT2D eigenvalue weighted by Crippen LogP contribution is -2.23. The molecule has 1 aromatic heterocycles. The summed E-state index contributed by atoms with van der Waals surface area (Å²) in [4.78, 5) is 2.98. The molecule has 0 amide bonds. The first-order valence-corrected chi connectivity index (χ1v) is 6.29. The van der Waals surface area contributed by atoms with Gasteiger partial charge in [0.1, 0.15) is 0 Å². The van der Waals surface area contributed by atoms with Gasteiger partial charge in [-0.05, 0) is 32.0 Å². The number of nitrogens with zero attached hydrogens (tertiary/aromatic N) is 3. The number of aromatic nitrogens is 2. The lowest BCUT2D eigenvalue weighted by molar-refractivity contribution is 0.334. The lowest BCUT2D eigenvalue weighted by Gasteiger charge is -2.16. The third-order valence-corrected chi connectivity index (χ3v) is 2.91. The highest BCUT2D eigenvalue weighted by atomic mass is 79.9. The Morgan fingerprint density at radius 3 is 2.80 bits per heavy atom. The zero-order chi connectivity index (χ0) is 11.3. The van der Waals surface area contributed by atoms with Gasteiger partial charge in [0, 0.05) is 24.6 Å². The third kappa shape index (κ3) is 5.33. The molecule has 86 valence electrons. The standard InChI is InChI=1S/C11H20BrN3/c1-10(12)4-6-14(2)7-5-11-8-13-15(3)9-11/h8-10H,4-7H2,1-3H3. The van der Waals surface area contributed by atoms with Crippen LogP contribution in [0.3, 0.4) is 0 Å². The molecule has 1 aromatic rings. The highest BCUT2D eigenvalue weighted by Gasteiger charge is 2.02. The van der Waals surface area contributed by atoms with Gasteiger partial charge < -0.3 is 4.90 Å². The van der Waals surface area contributed by atoms with Crippen molar-refractivity contribution in [1.29, 1.82) is 0 Å². The summed E-state index contributed by atoms with van der Waals surface area (Å²) in [5.74, 6) is 0. The van der Waals surface area contributed by atoms with Crippen LogP contribution >= 0.6 is 15.9 Å². The van der Waals surface area contributed by atoms with Gasteiger partial charge in [-0.25, -0.2) is 0 Å². The first-order chi connectivity index (χ1) is 7.08. The average Bonchev–Trinajstić information content (AvgIpc) is 2.58. The van der Waals surface area contributed by atoms with Gasteiger partial charge in [-0.15, -0.1) is 0 Å².